The van der Waals surface area contributed by atoms with Crippen LogP contribution in [0.3, 0.4) is 0 Å². The summed E-state index contributed by atoms with van der Waals surface area (Å²) in [4.78, 5) is 21.5. The lowest BCUT2D eigenvalue weighted by molar-refractivity contribution is 0.102. The van der Waals surface area contributed by atoms with Gasteiger partial charge in [-0.25, -0.2) is 0 Å². The van der Waals surface area contributed by atoms with Crippen molar-refractivity contribution < 1.29 is 4.79 Å². The molecule has 0 atom stereocenters. The molecule has 0 bridgehead atoms. The molecule has 0 unspecified atom stereocenters. The molecule has 0 aliphatic carbocycles. The zero-order valence-corrected chi connectivity index (χ0v) is 16.4. The predicted molar refractivity (Wildman–Crippen MR) is 118 cm³/mol. The molecule has 2 heterocycles. The van der Waals surface area contributed by atoms with E-state index >= 15 is 0 Å². The molecular weight excluding hydrogens is 360 g/mol. The average Bonchev–Trinajstić information content (AvgIpc) is 2.74. The van der Waals surface area contributed by atoms with Crippen molar-refractivity contribution in [3.63, 3.8) is 0 Å². The van der Waals surface area contributed by atoms with E-state index in [1.807, 2.05) is 54.6 Å². The van der Waals surface area contributed by atoms with Crippen LogP contribution in [0.1, 0.15) is 35.7 Å². The second-order valence-electron chi connectivity index (χ2n) is 7.16. The Kier molecular flexibility index (Phi) is 5.20. The molecule has 5 nitrogen and oxygen atoms in total. The molecule has 144 valence electrons. The van der Waals surface area contributed by atoms with Gasteiger partial charge in [0, 0.05) is 23.5 Å². The van der Waals surface area contributed by atoms with Gasteiger partial charge in [0.1, 0.15) is 0 Å². The number of aromatic nitrogens is 2. The van der Waals surface area contributed by atoms with Gasteiger partial charge in [0.15, 0.2) is 0 Å². The van der Waals surface area contributed by atoms with Crippen molar-refractivity contribution >= 4 is 33.9 Å². The smallest absolute Gasteiger partial charge is 0.257 e. The minimum atomic E-state index is -0.190. The molecule has 4 rings (SSSR count). The molecule has 29 heavy (non-hydrogen) atoms. The van der Waals surface area contributed by atoms with Crippen LogP contribution in [-0.2, 0) is 0 Å². The number of anilines is 3. The van der Waals surface area contributed by atoms with Crippen molar-refractivity contribution in [3.8, 4) is 0 Å². The Morgan fingerprint density at radius 1 is 0.931 bits per heavy atom. The highest BCUT2D eigenvalue weighted by Gasteiger charge is 2.12. The molecule has 0 aliphatic heterocycles. The quantitative estimate of drug-likeness (QED) is 0.461. The summed E-state index contributed by atoms with van der Waals surface area (Å²) in [5.41, 5.74) is 4.88. The number of hydrogen-bond acceptors (Lipinski definition) is 4. The van der Waals surface area contributed by atoms with Gasteiger partial charge < -0.3 is 10.6 Å². The van der Waals surface area contributed by atoms with Gasteiger partial charge in [-0.3, -0.25) is 14.8 Å². The molecule has 2 N–H and O–H groups in total. The summed E-state index contributed by atoms with van der Waals surface area (Å²) >= 11 is 0. The van der Waals surface area contributed by atoms with Crippen molar-refractivity contribution in [1.82, 2.24) is 9.97 Å². The highest BCUT2D eigenvalue weighted by atomic mass is 16.1. The van der Waals surface area contributed by atoms with E-state index < -0.39 is 0 Å². The van der Waals surface area contributed by atoms with Crippen molar-refractivity contribution in [1.29, 1.82) is 0 Å². The number of amides is 1. The third-order valence-electron chi connectivity index (χ3n) is 4.74. The Labute approximate surface area is 169 Å². The van der Waals surface area contributed by atoms with Crippen LogP contribution >= 0.6 is 0 Å². The third-order valence-corrected chi connectivity index (χ3v) is 4.74. The zero-order valence-electron chi connectivity index (χ0n) is 16.4. The second kappa shape index (κ2) is 8.10. The summed E-state index contributed by atoms with van der Waals surface area (Å²) in [5.74, 6) is 0.127. The number of para-hydroxylation sites is 2. The van der Waals surface area contributed by atoms with Crippen LogP contribution in [0.5, 0.6) is 0 Å². The van der Waals surface area contributed by atoms with Gasteiger partial charge in [0.05, 0.1) is 28.7 Å². The van der Waals surface area contributed by atoms with Crippen LogP contribution in [0.2, 0.25) is 0 Å². The topological polar surface area (TPSA) is 66.9 Å². The standard InChI is InChI=1S/C24H22N4O/c1-16(2)20-9-3-4-10-21(20)28-24(29)18-13-19(15-25-14-18)27-22-11-5-7-17-8-6-12-26-23(17)22/h3-16,27H,1-2H3,(H,28,29). The molecule has 0 radical (unpaired) electrons. The van der Waals surface area contributed by atoms with Gasteiger partial charge in [0.2, 0.25) is 0 Å². The average molecular weight is 382 g/mol. The normalized spacial score (nSPS) is 10.9. The van der Waals surface area contributed by atoms with Crippen LogP contribution in [0, 0.1) is 0 Å². The SMILES string of the molecule is CC(C)c1ccccc1NC(=O)c1cncc(Nc2cccc3cccnc23)c1. The fourth-order valence-corrected chi connectivity index (χ4v) is 3.30. The molecule has 2 aromatic carbocycles. The summed E-state index contributed by atoms with van der Waals surface area (Å²) in [5, 5.41) is 7.39. The number of hydrogen-bond donors (Lipinski definition) is 2. The summed E-state index contributed by atoms with van der Waals surface area (Å²) in [6, 6.07) is 19.5. The Bertz CT molecular complexity index is 1160. The van der Waals surface area contributed by atoms with Crippen LogP contribution in [0.4, 0.5) is 17.1 Å². The minimum absolute atomic E-state index is 0.190. The molecule has 0 fully saturated rings. The van der Waals surface area contributed by atoms with Crippen molar-refractivity contribution in [2.24, 2.45) is 0 Å². The molecule has 0 spiro atoms. The van der Waals surface area contributed by atoms with Crippen LogP contribution < -0.4 is 10.6 Å². The summed E-state index contributed by atoms with van der Waals surface area (Å²) in [6.45, 7) is 4.21. The largest absolute Gasteiger partial charge is 0.352 e. The first-order valence-electron chi connectivity index (χ1n) is 9.58. The number of nitrogens with one attached hydrogen (secondary N) is 2. The van der Waals surface area contributed by atoms with E-state index in [1.54, 1.807) is 24.7 Å². The van der Waals surface area contributed by atoms with Crippen LogP contribution in [-0.4, -0.2) is 15.9 Å². The molecule has 1 amide bonds. The molecule has 0 saturated carbocycles. The molecule has 2 aromatic heterocycles. The number of pyridine rings is 2. The lowest BCUT2D eigenvalue weighted by atomic mass is 10.0. The van der Waals surface area contributed by atoms with E-state index in [4.69, 9.17) is 0 Å². The van der Waals surface area contributed by atoms with Crippen molar-refractivity contribution in [2.75, 3.05) is 10.6 Å². The maximum absolute atomic E-state index is 12.8. The lowest BCUT2D eigenvalue weighted by Crippen LogP contribution is -2.14. The lowest BCUT2D eigenvalue weighted by Gasteiger charge is -2.14. The van der Waals surface area contributed by atoms with Gasteiger partial charge in [0.25, 0.3) is 5.91 Å². The molecule has 0 saturated heterocycles. The van der Waals surface area contributed by atoms with E-state index in [2.05, 4.69) is 34.4 Å². The highest BCUT2D eigenvalue weighted by molar-refractivity contribution is 6.05. The molecular formula is C24H22N4O. The molecule has 0 aliphatic rings. The number of carbonyl (C=O) groups excluding carboxylic acids is 1. The van der Waals surface area contributed by atoms with Crippen molar-refractivity contribution in [3.05, 3.63) is 90.4 Å². The van der Waals surface area contributed by atoms with Gasteiger partial charge in [-0.1, -0.05) is 50.2 Å². The monoisotopic (exact) mass is 382 g/mol. The number of nitrogens with zero attached hydrogens (tertiary/aromatic N) is 2. The number of fused-ring (bicyclic) bond motifs is 1. The van der Waals surface area contributed by atoms with E-state index in [-0.39, 0.29) is 5.91 Å². The Balaban J connectivity index is 1.58. The van der Waals surface area contributed by atoms with Crippen molar-refractivity contribution in [2.45, 2.75) is 19.8 Å². The number of benzene rings is 2. The van der Waals surface area contributed by atoms with Gasteiger partial charge in [-0.2, -0.15) is 0 Å². The van der Waals surface area contributed by atoms with Gasteiger partial charge in [-0.05, 0) is 35.7 Å². The van der Waals surface area contributed by atoms with E-state index in [1.165, 1.54) is 0 Å². The molecule has 4 aromatic rings. The third kappa shape index (κ3) is 4.09. The molecule has 5 heteroatoms. The van der Waals surface area contributed by atoms with E-state index in [9.17, 15) is 4.79 Å². The number of rotatable bonds is 5. The summed E-state index contributed by atoms with van der Waals surface area (Å²) < 4.78 is 0. The van der Waals surface area contributed by atoms with E-state index in [0.29, 0.717) is 11.5 Å². The Morgan fingerprint density at radius 3 is 2.59 bits per heavy atom. The Morgan fingerprint density at radius 2 is 1.72 bits per heavy atom. The first kappa shape index (κ1) is 18.6. The first-order valence-corrected chi connectivity index (χ1v) is 9.58. The van der Waals surface area contributed by atoms with Crippen LogP contribution in [0.15, 0.2) is 79.3 Å². The second-order valence-corrected chi connectivity index (χ2v) is 7.16. The Hall–Kier alpha value is -3.73. The zero-order chi connectivity index (χ0) is 20.2. The summed E-state index contributed by atoms with van der Waals surface area (Å²) in [6.07, 6.45) is 5.03. The van der Waals surface area contributed by atoms with E-state index in [0.717, 1.165) is 33.5 Å². The predicted octanol–water partition coefficient (Wildman–Crippen LogP) is 5.75. The fraction of sp³-hybridized carbons (Fsp3) is 0.125. The van der Waals surface area contributed by atoms with Crippen LogP contribution in [0.25, 0.3) is 10.9 Å². The minimum Gasteiger partial charge on any atom is -0.352 e. The first-order chi connectivity index (χ1) is 14.1. The highest BCUT2D eigenvalue weighted by Crippen LogP contribution is 2.26. The van der Waals surface area contributed by atoms with Gasteiger partial charge in [-0.15, -0.1) is 0 Å². The number of carbonyl (C=O) groups is 1. The maximum Gasteiger partial charge on any atom is 0.257 e. The fourth-order valence-electron chi connectivity index (χ4n) is 3.30. The summed E-state index contributed by atoms with van der Waals surface area (Å²) in [7, 11) is 0. The van der Waals surface area contributed by atoms with Gasteiger partial charge >= 0.3 is 0 Å². The maximum atomic E-state index is 12.8.